The number of rotatable bonds is 4. The van der Waals surface area contributed by atoms with E-state index in [0.29, 0.717) is 32.4 Å². The molecule has 5 heteroatoms. The zero-order valence-electron chi connectivity index (χ0n) is 17.5. The molecule has 2 aliphatic rings. The van der Waals surface area contributed by atoms with Crippen LogP contribution in [0.25, 0.3) is 10.9 Å². The Kier molecular flexibility index (Phi) is 5.23. The number of benzene rings is 1. The van der Waals surface area contributed by atoms with Crippen molar-refractivity contribution in [3.8, 4) is 0 Å². The van der Waals surface area contributed by atoms with Gasteiger partial charge in [0, 0.05) is 36.2 Å². The minimum absolute atomic E-state index is 0.174. The van der Waals surface area contributed by atoms with E-state index in [4.69, 9.17) is 0 Å². The number of nitrogens with zero attached hydrogens (tertiary/aromatic N) is 2. The number of aliphatic hydroxyl groups is 1. The lowest BCUT2D eigenvalue weighted by molar-refractivity contribution is -0.135. The standard InChI is InChI=1S/C23H33N3O2/c1-16-6-7-17(2)22-21(16)19(18(3)24-22)14-20(27)26-12-8-23(28,9-13-26)15-25-10-4-5-11-25/h6-7,24,28H,4-5,8-15H2,1-3H3. The number of nitrogens with one attached hydrogen (secondary N) is 1. The fraction of sp³-hybridized carbons (Fsp3) is 0.609. The number of fused-ring (bicyclic) bond motifs is 1. The van der Waals surface area contributed by atoms with Gasteiger partial charge in [0.15, 0.2) is 0 Å². The van der Waals surface area contributed by atoms with Gasteiger partial charge >= 0.3 is 0 Å². The van der Waals surface area contributed by atoms with Crippen LogP contribution in [0.3, 0.4) is 0 Å². The Morgan fingerprint density at radius 2 is 1.71 bits per heavy atom. The number of hydrogen-bond acceptors (Lipinski definition) is 3. The fourth-order valence-electron chi connectivity index (χ4n) is 4.98. The van der Waals surface area contributed by atoms with Crippen LogP contribution in [0.2, 0.25) is 0 Å². The highest BCUT2D eigenvalue weighted by Crippen LogP contribution is 2.30. The fourth-order valence-corrected chi connectivity index (χ4v) is 4.98. The molecule has 1 amide bonds. The van der Waals surface area contributed by atoms with E-state index in [1.807, 2.05) is 4.90 Å². The number of carbonyl (C=O) groups excluding carboxylic acids is 1. The van der Waals surface area contributed by atoms with Gasteiger partial charge in [0.2, 0.25) is 5.91 Å². The molecule has 5 nitrogen and oxygen atoms in total. The van der Waals surface area contributed by atoms with Crippen molar-refractivity contribution in [2.45, 2.75) is 58.5 Å². The van der Waals surface area contributed by atoms with Crippen LogP contribution < -0.4 is 0 Å². The Bertz CT molecular complexity index is 872. The summed E-state index contributed by atoms with van der Waals surface area (Å²) in [5, 5.41) is 12.2. The van der Waals surface area contributed by atoms with Crippen molar-refractivity contribution in [2.24, 2.45) is 0 Å². The number of aryl methyl sites for hydroxylation is 3. The minimum atomic E-state index is -0.633. The van der Waals surface area contributed by atoms with Crippen molar-refractivity contribution in [1.29, 1.82) is 0 Å². The largest absolute Gasteiger partial charge is 0.388 e. The average Bonchev–Trinajstić information content (AvgIpc) is 3.27. The Morgan fingerprint density at radius 3 is 2.39 bits per heavy atom. The molecule has 4 rings (SSSR count). The Morgan fingerprint density at radius 1 is 1.07 bits per heavy atom. The van der Waals surface area contributed by atoms with Gasteiger partial charge in [-0.2, -0.15) is 0 Å². The van der Waals surface area contributed by atoms with Gasteiger partial charge in [-0.15, -0.1) is 0 Å². The van der Waals surface area contributed by atoms with Crippen molar-refractivity contribution in [3.63, 3.8) is 0 Å². The lowest BCUT2D eigenvalue weighted by Gasteiger charge is -2.40. The lowest BCUT2D eigenvalue weighted by atomic mass is 9.90. The summed E-state index contributed by atoms with van der Waals surface area (Å²) >= 11 is 0. The van der Waals surface area contributed by atoms with Crippen LogP contribution in [0, 0.1) is 20.8 Å². The van der Waals surface area contributed by atoms with E-state index in [1.54, 1.807) is 0 Å². The van der Waals surface area contributed by atoms with Crippen molar-refractivity contribution < 1.29 is 9.90 Å². The van der Waals surface area contributed by atoms with Gasteiger partial charge < -0.3 is 19.9 Å². The van der Waals surface area contributed by atoms with Gasteiger partial charge in [-0.1, -0.05) is 12.1 Å². The maximum absolute atomic E-state index is 13.0. The predicted molar refractivity (Wildman–Crippen MR) is 113 cm³/mol. The number of piperidine rings is 1. The molecule has 0 bridgehead atoms. The molecule has 1 aromatic carbocycles. The van der Waals surface area contributed by atoms with Crippen molar-refractivity contribution in [2.75, 3.05) is 32.7 Å². The van der Waals surface area contributed by atoms with Crippen LogP contribution in [0.4, 0.5) is 0 Å². The van der Waals surface area contributed by atoms with Crippen LogP contribution in [0.5, 0.6) is 0 Å². The van der Waals surface area contributed by atoms with Gasteiger partial charge in [0.25, 0.3) is 0 Å². The summed E-state index contributed by atoms with van der Waals surface area (Å²) in [6.45, 7) is 10.6. The first-order valence-corrected chi connectivity index (χ1v) is 10.7. The molecule has 3 heterocycles. The average molecular weight is 384 g/mol. The van der Waals surface area contributed by atoms with Crippen LogP contribution in [0.1, 0.15) is 48.1 Å². The summed E-state index contributed by atoms with van der Waals surface area (Å²) in [5.74, 6) is 0.174. The number of aromatic amines is 1. The quantitative estimate of drug-likeness (QED) is 0.853. The van der Waals surface area contributed by atoms with E-state index in [-0.39, 0.29) is 5.91 Å². The third-order valence-electron chi connectivity index (χ3n) is 6.78. The van der Waals surface area contributed by atoms with Gasteiger partial charge in [0.1, 0.15) is 0 Å². The number of hydrogen-bond donors (Lipinski definition) is 2. The molecule has 28 heavy (non-hydrogen) atoms. The maximum Gasteiger partial charge on any atom is 0.227 e. The first kappa shape index (κ1) is 19.5. The highest BCUT2D eigenvalue weighted by molar-refractivity contribution is 5.93. The van der Waals surface area contributed by atoms with Crippen molar-refractivity contribution >= 4 is 16.8 Å². The van der Waals surface area contributed by atoms with Gasteiger partial charge in [-0.3, -0.25) is 4.79 Å². The minimum Gasteiger partial charge on any atom is -0.388 e. The third kappa shape index (κ3) is 3.70. The molecule has 2 aromatic rings. The normalized spacial score (nSPS) is 20.2. The van der Waals surface area contributed by atoms with E-state index in [2.05, 4.69) is 42.8 Å². The van der Waals surface area contributed by atoms with Crippen LogP contribution >= 0.6 is 0 Å². The molecule has 152 valence electrons. The summed E-state index contributed by atoms with van der Waals surface area (Å²) in [5.41, 5.74) is 5.16. The summed E-state index contributed by atoms with van der Waals surface area (Å²) in [4.78, 5) is 20.8. The topological polar surface area (TPSA) is 59.6 Å². The predicted octanol–water partition coefficient (Wildman–Crippen LogP) is 3.08. The van der Waals surface area contributed by atoms with Crippen LogP contribution in [-0.2, 0) is 11.2 Å². The number of aromatic nitrogens is 1. The smallest absolute Gasteiger partial charge is 0.227 e. The summed E-state index contributed by atoms with van der Waals surface area (Å²) in [7, 11) is 0. The van der Waals surface area contributed by atoms with E-state index in [0.717, 1.165) is 36.4 Å². The number of likely N-dealkylation sites (tertiary alicyclic amines) is 2. The monoisotopic (exact) mass is 383 g/mol. The zero-order chi connectivity index (χ0) is 19.9. The SMILES string of the molecule is Cc1[nH]c2c(C)ccc(C)c2c1CC(=O)N1CCC(O)(CN2CCCC2)CC1. The van der Waals surface area contributed by atoms with Crippen LogP contribution in [0.15, 0.2) is 12.1 Å². The first-order valence-electron chi connectivity index (χ1n) is 10.7. The molecular formula is C23H33N3O2. The summed E-state index contributed by atoms with van der Waals surface area (Å²) < 4.78 is 0. The first-order chi connectivity index (χ1) is 13.4. The summed E-state index contributed by atoms with van der Waals surface area (Å²) in [6, 6.07) is 4.27. The highest BCUT2D eigenvalue weighted by Gasteiger charge is 2.36. The number of carbonyl (C=O) groups is 1. The van der Waals surface area contributed by atoms with Crippen molar-refractivity contribution in [1.82, 2.24) is 14.8 Å². The molecule has 2 aliphatic heterocycles. The van der Waals surface area contributed by atoms with Gasteiger partial charge in [-0.05, 0) is 76.2 Å². The molecule has 2 saturated heterocycles. The zero-order valence-corrected chi connectivity index (χ0v) is 17.5. The third-order valence-corrected chi connectivity index (χ3v) is 6.78. The van der Waals surface area contributed by atoms with E-state index in [9.17, 15) is 9.90 Å². The maximum atomic E-state index is 13.0. The molecule has 0 saturated carbocycles. The highest BCUT2D eigenvalue weighted by atomic mass is 16.3. The molecule has 2 fully saturated rings. The molecule has 1 aromatic heterocycles. The Balaban J connectivity index is 1.43. The van der Waals surface area contributed by atoms with E-state index in [1.165, 1.54) is 29.4 Å². The van der Waals surface area contributed by atoms with Crippen molar-refractivity contribution in [3.05, 3.63) is 34.5 Å². The molecule has 0 radical (unpaired) electrons. The molecule has 0 unspecified atom stereocenters. The second-order valence-corrected chi connectivity index (χ2v) is 8.94. The second-order valence-electron chi connectivity index (χ2n) is 8.94. The molecule has 0 atom stereocenters. The second kappa shape index (κ2) is 7.53. The Hall–Kier alpha value is -1.85. The lowest BCUT2D eigenvalue weighted by Crippen LogP contribution is -2.52. The molecule has 2 N–H and O–H groups in total. The Labute approximate surface area is 167 Å². The van der Waals surface area contributed by atoms with E-state index < -0.39 is 5.60 Å². The van der Waals surface area contributed by atoms with E-state index >= 15 is 0 Å². The summed E-state index contributed by atoms with van der Waals surface area (Å²) in [6.07, 6.45) is 4.27. The molecule has 0 aliphatic carbocycles. The molecule has 0 spiro atoms. The number of β-amino-alcohol motifs (C(OH)–C–C–N with tert-alkyl or cyclic N) is 1. The molecular weight excluding hydrogens is 350 g/mol. The van der Waals surface area contributed by atoms with Crippen LogP contribution in [-0.4, -0.2) is 64.1 Å². The number of amides is 1. The number of H-pyrrole nitrogens is 1. The van der Waals surface area contributed by atoms with Gasteiger partial charge in [-0.25, -0.2) is 0 Å². The van der Waals surface area contributed by atoms with Gasteiger partial charge in [0.05, 0.1) is 12.0 Å².